The normalized spacial score (nSPS) is 21.8. The van der Waals surface area contributed by atoms with Gasteiger partial charge in [-0.15, -0.1) is 0 Å². The zero-order valence-corrected chi connectivity index (χ0v) is 14.4. The van der Waals surface area contributed by atoms with Crippen molar-refractivity contribution >= 4 is 18.2 Å². The van der Waals surface area contributed by atoms with Gasteiger partial charge in [0.2, 0.25) is 0 Å². The van der Waals surface area contributed by atoms with Crippen molar-refractivity contribution in [3.63, 3.8) is 0 Å². The van der Waals surface area contributed by atoms with Gasteiger partial charge in [0.15, 0.2) is 0 Å². The summed E-state index contributed by atoms with van der Waals surface area (Å²) in [5.41, 5.74) is -1.55. The van der Waals surface area contributed by atoms with Gasteiger partial charge >= 0.3 is 18.2 Å². The monoisotopic (exact) mass is 331 g/mol. The molecule has 1 aliphatic rings. The van der Waals surface area contributed by atoms with Crippen LogP contribution >= 0.6 is 0 Å². The number of nitrogens with zero attached hydrogens (tertiary/aromatic N) is 1. The van der Waals surface area contributed by atoms with Crippen LogP contribution in [0.15, 0.2) is 0 Å². The molecule has 0 aromatic rings. The average Bonchev–Trinajstić information content (AvgIpc) is 2.66. The van der Waals surface area contributed by atoms with Crippen molar-refractivity contribution in [1.82, 2.24) is 4.90 Å². The number of esters is 1. The number of hydrogen-bond donors (Lipinski definition) is 1. The second-order valence-electron chi connectivity index (χ2n) is 7.42. The van der Waals surface area contributed by atoms with Crippen LogP contribution in [0.4, 0.5) is 9.59 Å². The van der Waals surface area contributed by atoms with E-state index in [2.05, 4.69) is 4.74 Å². The second-order valence-corrected chi connectivity index (χ2v) is 7.42. The van der Waals surface area contributed by atoms with Crippen LogP contribution in [0, 0.1) is 0 Å². The van der Waals surface area contributed by atoms with E-state index in [0.717, 1.165) is 4.90 Å². The lowest BCUT2D eigenvalue weighted by molar-refractivity contribution is -0.146. The second kappa shape index (κ2) is 6.74. The van der Waals surface area contributed by atoms with Crippen LogP contribution in [0.25, 0.3) is 0 Å². The number of ether oxygens (including phenoxy) is 3. The molecule has 0 spiro atoms. The fourth-order valence-electron chi connectivity index (χ4n) is 1.98. The average molecular weight is 331 g/mol. The third kappa shape index (κ3) is 6.43. The van der Waals surface area contributed by atoms with Crippen LogP contribution in [0.1, 0.15) is 48.0 Å². The molecule has 1 aliphatic heterocycles. The van der Waals surface area contributed by atoms with E-state index in [1.54, 1.807) is 41.5 Å². The molecule has 0 aromatic carbocycles. The molecule has 1 saturated heterocycles. The Balaban J connectivity index is 2.73. The number of carbonyl (C=O) groups is 3. The van der Waals surface area contributed by atoms with Crippen LogP contribution in [-0.2, 0) is 19.0 Å². The first-order valence-electron chi connectivity index (χ1n) is 7.41. The van der Waals surface area contributed by atoms with Gasteiger partial charge in [-0.1, -0.05) is 0 Å². The molecule has 0 bridgehead atoms. The molecule has 0 aromatic heterocycles. The first-order valence-corrected chi connectivity index (χ1v) is 7.41. The van der Waals surface area contributed by atoms with Gasteiger partial charge in [0.1, 0.15) is 17.2 Å². The molecule has 1 N–H and O–H groups in total. The third-order valence-electron chi connectivity index (χ3n) is 2.75. The summed E-state index contributed by atoms with van der Waals surface area (Å²) >= 11 is 0. The summed E-state index contributed by atoms with van der Waals surface area (Å²) in [4.78, 5) is 36.8. The lowest BCUT2D eigenvalue weighted by atomic mass is 10.2. The van der Waals surface area contributed by atoms with Gasteiger partial charge < -0.3 is 19.3 Å². The van der Waals surface area contributed by atoms with Crippen molar-refractivity contribution < 1.29 is 33.7 Å². The molecule has 8 nitrogen and oxygen atoms in total. The number of carbonyl (C=O) groups excluding carboxylic acids is 3. The van der Waals surface area contributed by atoms with E-state index in [9.17, 15) is 19.5 Å². The van der Waals surface area contributed by atoms with Crippen LogP contribution < -0.4 is 0 Å². The Morgan fingerprint density at radius 3 is 2.00 bits per heavy atom. The van der Waals surface area contributed by atoms with Crippen molar-refractivity contribution in [1.29, 1.82) is 0 Å². The number of aliphatic hydroxyl groups excluding tert-OH is 1. The molecular formula is C15H25NO7. The standard InChI is InChI=1S/C15H25NO7/c1-14(2,3)22-12(19)16-8-9(17)7-10(16)11(18)21-13(20)23-15(4,5)6/h9-10,17H,7-8H2,1-6H3/t9-,10+/m1/s1. The van der Waals surface area contributed by atoms with E-state index in [1.807, 2.05) is 0 Å². The SMILES string of the molecule is CC(C)(C)OC(=O)OC(=O)[C@@H]1C[C@@H](O)CN1C(=O)OC(C)(C)C. The van der Waals surface area contributed by atoms with Crippen LogP contribution in [0.5, 0.6) is 0 Å². The summed E-state index contributed by atoms with van der Waals surface area (Å²) in [6, 6.07) is -1.09. The maximum Gasteiger partial charge on any atom is 0.516 e. The molecule has 1 fully saturated rings. The molecular weight excluding hydrogens is 306 g/mol. The predicted molar refractivity (Wildman–Crippen MR) is 79.7 cm³/mol. The minimum absolute atomic E-state index is 0.0269. The van der Waals surface area contributed by atoms with Crippen molar-refractivity contribution in [3.8, 4) is 0 Å². The quantitative estimate of drug-likeness (QED) is 0.577. The van der Waals surface area contributed by atoms with E-state index in [-0.39, 0.29) is 13.0 Å². The van der Waals surface area contributed by atoms with Crippen LogP contribution in [0.2, 0.25) is 0 Å². The fraction of sp³-hybridized carbons (Fsp3) is 0.800. The Morgan fingerprint density at radius 1 is 1.00 bits per heavy atom. The first kappa shape index (κ1) is 19.2. The summed E-state index contributed by atoms with van der Waals surface area (Å²) < 4.78 is 14.7. The smallest absolute Gasteiger partial charge is 0.444 e. The van der Waals surface area contributed by atoms with E-state index in [0.29, 0.717) is 0 Å². The Bertz CT molecular complexity index is 475. The van der Waals surface area contributed by atoms with Gasteiger partial charge in [-0.2, -0.15) is 0 Å². The fourth-order valence-corrected chi connectivity index (χ4v) is 1.98. The summed E-state index contributed by atoms with van der Waals surface area (Å²) in [7, 11) is 0. The molecule has 1 amide bonds. The highest BCUT2D eigenvalue weighted by Gasteiger charge is 2.43. The molecule has 0 aliphatic carbocycles. The summed E-state index contributed by atoms with van der Waals surface area (Å²) in [6.45, 7) is 9.88. The van der Waals surface area contributed by atoms with Crippen molar-refractivity contribution in [3.05, 3.63) is 0 Å². The minimum atomic E-state index is -1.15. The number of aliphatic hydroxyl groups is 1. The van der Waals surface area contributed by atoms with Crippen molar-refractivity contribution in [2.24, 2.45) is 0 Å². The van der Waals surface area contributed by atoms with E-state index < -0.39 is 41.6 Å². The van der Waals surface area contributed by atoms with Crippen molar-refractivity contribution in [2.75, 3.05) is 6.54 Å². The van der Waals surface area contributed by atoms with Gasteiger partial charge in [-0.3, -0.25) is 4.90 Å². The highest BCUT2D eigenvalue weighted by Crippen LogP contribution is 2.22. The first-order chi connectivity index (χ1) is 10.3. The summed E-state index contributed by atoms with van der Waals surface area (Å²) in [5.74, 6) is -0.957. The lowest BCUT2D eigenvalue weighted by Crippen LogP contribution is -2.44. The molecule has 1 heterocycles. The molecule has 132 valence electrons. The van der Waals surface area contributed by atoms with Crippen LogP contribution in [-0.4, -0.2) is 58.1 Å². The largest absolute Gasteiger partial charge is 0.516 e. The summed E-state index contributed by atoms with van der Waals surface area (Å²) in [6.07, 6.45) is -2.81. The molecule has 1 rings (SSSR count). The van der Waals surface area contributed by atoms with Gasteiger partial charge in [0.25, 0.3) is 0 Å². The zero-order valence-electron chi connectivity index (χ0n) is 14.4. The van der Waals surface area contributed by atoms with Gasteiger partial charge in [-0.25, -0.2) is 14.4 Å². The highest BCUT2D eigenvalue weighted by molar-refractivity contribution is 5.88. The number of β-amino-alcohol motifs (C(OH)–C–C–N with tert-alkyl or cyclic N) is 1. The number of rotatable bonds is 1. The van der Waals surface area contributed by atoms with Crippen molar-refractivity contribution in [2.45, 2.75) is 71.3 Å². The Hall–Kier alpha value is -1.83. The van der Waals surface area contributed by atoms with E-state index >= 15 is 0 Å². The molecule has 23 heavy (non-hydrogen) atoms. The topological polar surface area (TPSA) is 102 Å². The predicted octanol–water partition coefficient (Wildman–Crippen LogP) is 1.83. The van der Waals surface area contributed by atoms with Gasteiger partial charge in [0.05, 0.1) is 12.6 Å². The van der Waals surface area contributed by atoms with Gasteiger partial charge in [0, 0.05) is 6.42 Å². The van der Waals surface area contributed by atoms with E-state index in [1.165, 1.54) is 0 Å². The molecule has 8 heteroatoms. The Labute approximate surface area is 135 Å². The molecule has 2 atom stereocenters. The third-order valence-corrected chi connectivity index (χ3v) is 2.75. The number of likely N-dealkylation sites (tertiary alicyclic amines) is 1. The maximum atomic E-state index is 12.1. The summed E-state index contributed by atoms with van der Waals surface area (Å²) in [5, 5.41) is 9.71. The highest BCUT2D eigenvalue weighted by atomic mass is 16.7. The number of hydrogen-bond acceptors (Lipinski definition) is 7. The van der Waals surface area contributed by atoms with Gasteiger partial charge in [-0.05, 0) is 41.5 Å². The Kier molecular flexibility index (Phi) is 5.63. The zero-order chi connectivity index (χ0) is 18.0. The van der Waals surface area contributed by atoms with Crippen LogP contribution in [0.3, 0.4) is 0 Å². The molecule has 0 radical (unpaired) electrons. The van der Waals surface area contributed by atoms with E-state index in [4.69, 9.17) is 9.47 Å². The Morgan fingerprint density at radius 2 is 1.52 bits per heavy atom. The number of amides is 1. The lowest BCUT2D eigenvalue weighted by Gasteiger charge is -2.27. The molecule has 0 unspecified atom stereocenters. The maximum absolute atomic E-state index is 12.1. The molecule has 0 saturated carbocycles. The minimum Gasteiger partial charge on any atom is -0.444 e.